The van der Waals surface area contributed by atoms with E-state index in [1.54, 1.807) is 6.07 Å². The summed E-state index contributed by atoms with van der Waals surface area (Å²) in [6.45, 7) is 0.0894. The van der Waals surface area contributed by atoms with E-state index >= 15 is 0 Å². The highest BCUT2D eigenvalue weighted by Crippen LogP contribution is 2.20. The molecule has 0 aliphatic heterocycles. The van der Waals surface area contributed by atoms with Gasteiger partial charge in [-0.3, -0.25) is 9.52 Å². The zero-order chi connectivity index (χ0) is 21.0. The molecule has 3 rings (SSSR count). The lowest BCUT2D eigenvalue weighted by Gasteiger charge is -2.10. The molecular formula is C20H15BrF2N2O3S. The van der Waals surface area contributed by atoms with Crippen molar-refractivity contribution in [3.05, 3.63) is 94.0 Å². The Morgan fingerprint density at radius 3 is 2.34 bits per heavy atom. The van der Waals surface area contributed by atoms with Crippen molar-refractivity contribution in [3.8, 4) is 0 Å². The molecule has 0 saturated carbocycles. The maximum absolute atomic E-state index is 13.7. The number of amides is 1. The van der Waals surface area contributed by atoms with E-state index in [1.807, 2.05) is 0 Å². The third kappa shape index (κ3) is 5.18. The lowest BCUT2D eigenvalue weighted by Crippen LogP contribution is -2.23. The summed E-state index contributed by atoms with van der Waals surface area (Å²) in [5.41, 5.74) is 0.615. The average Bonchev–Trinajstić information content (AvgIpc) is 2.70. The second-order valence-electron chi connectivity index (χ2n) is 6.03. The van der Waals surface area contributed by atoms with E-state index in [-0.39, 0.29) is 22.7 Å². The molecule has 0 unspecified atom stereocenters. The quantitative estimate of drug-likeness (QED) is 0.546. The Labute approximate surface area is 174 Å². The first-order valence-corrected chi connectivity index (χ1v) is 10.6. The van der Waals surface area contributed by atoms with Crippen LogP contribution in [0.5, 0.6) is 0 Å². The number of carbonyl (C=O) groups excluding carboxylic acids is 1. The van der Waals surface area contributed by atoms with Crippen LogP contribution in [0.1, 0.15) is 15.9 Å². The van der Waals surface area contributed by atoms with Crippen LogP contribution in [-0.4, -0.2) is 14.3 Å². The van der Waals surface area contributed by atoms with Crippen LogP contribution in [-0.2, 0) is 16.6 Å². The lowest BCUT2D eigenvalue weighted by molar-refractivity contribution is 0.0950. The topological polar surface area (TPSA) is 75.3 Å². The zero-order valence-electron chi connectivity index (χ0n) is 14.8. The number of halogens is 3. The number of benzene rings is 3. The van der Waals surface area contributed by atoms with E-state index in [2.05, 4.69) is 26.0 Å². The van der Waals surface area contributed by atoms with Crippen LogP contribution in [0.3, 0.4) is 0 Å². The Bertz CT molecular complexity index is 1150. The van der Waals surface area contributed by atoms with Gasteiger partial charge in [-0.25, -0.2) is 17.2 Å². The fourth-order valence-corrected chi connectivity index (χ4v) is 3.94. The van der Waals surface area contributed by atoms with Crippen LogP contribution >= 0.6 is 15.9 Å². The SMILES string of the molecule is O=C(NCc1cc(F)ccc1Br)c1ccc(S(=O)(=O)Nc2ccccc2F)cc1. The molecule has 29 heavy (non-hydrogen) atoms. The Balaban J connectivity index is 1.69. The molecule has 3 aromatic carbocycles. The van der Waals surface area contributed by atoms with Gasteiger partial charge in [-0.1, -0.05) is 28.1 Å². The van der Waals surface area contributed by atoms with E-state index in [9.17, 15) is 22.0 Å². The number of rotatable bonds is 6. The van der Waals surface area contributed by atoms with Gasteiger partial charge in [0.1, 0.15) is 11.6 Å². The number of nitrogens with one attached hydrogen (secondary N) is 2. The highest BCUT2D eigenvalue weighted by atomic mass is 79.9. The van der Waals surface area contributed by atoms with Gasteiger partial charge < -0.3 is 5.32 Å². The van der Waals surface area contributed by atoms with Crippen LogP contribution in [0.25, 0.3) is 0 Å². The summed E-state index contributed by atoms with van der Waals surface area (Å²) >= 11 is 3.28. The fourth-order valence-electron chi connectivity index (χ4n) is 2.49. The van der Waals surface area contributed by atoms with Crippen molar-refractivity contribution in [2.75, 3.05) is 4.72 Å². The molecule has 9 heteroatoms. The first kappa shape index (κ1) is 20.9. The van der Waals surface area contributed by atoms with Crippen LogP contribution < -0.4 is 10.0 Å². The minimum absolute atomic E-state index is 0.0894. The molecule has 0 aliphatic carbocycles. The van der Waals surface area contributed by atoms with Crippen molar-refractivity contribution < 1.29 is 22.0 Å². The third-order valence-electron chi connectivity index (χ3n) is 3.99. The second-order valence-corrected chi connectivity index (χ2v) is 8.56. The van der Waals surface area contributed by atoms with Gasteiger partial charge in [0.2, 0.25) is 0 Å². The van der Waals surface area contributed by atoms with E-state index in [0.29, 0.717) is 10.0 Å². The average molecular weight is 481 g/mol. The van der Waals surface area contributed by atoms with Crippen molar-refractivity contribution in [2.24, 2.45) is 0 Å². The van der Waals surface area contributed by atoms with E-state index < -0.39 is 27.6 Å². The summed E-state index contributed by atoms with van der Waals surface area (Å²) in [5.74, 6) is -1.57. The predicted molar refractivity (Wildman–Crippen MR) is 109 cm³/mol. The van der Waals surface area contributed by atoms with Gasteiger partial charge in [-0.2, -0.15) is 0 Å². The van der Waals surface area contributed by atoms with Gasteiger partial charge in [-0.05, 0) is 60.2 Å². The minimum Gasteiger partial charge on any atom is -0.348 e. The van der Waals surface area contributed by atoms with E-state index in [1.165, 1.54) is 54.6 Å². The summed E-state index contributed by atoms with van der Waals surface area (Å²) < 4.78 is 54.6. The number of hydrogen-bond donors (Lipinski definition) is 2. The Kier molecular flexibility index (Phi) is 6.29. The summed E-state index contributed by atoms with van der Waals surface area (Å²) in [6, 6.07) is 14.7. The van der Waals surface area contributed by atoms with Gasteiger partial charge in [-0.15, -0.1) is 0 Å². The molecule has 0 bridgehead atoms. The summed E-state index contributed by atoms with van der Waals surface area (Å²) in [4.78, 5) is 12.2. The molecule has 3 aromatic rings. The van der Waals surface area contributed by atoms with Gasteiger partial charge in [0, 0.05) is 16.6 Å². The molecule has 5 nitrogen and oxygen atoms in total. The van der Waals surface area contributed by atoms with Crippen LogP contribution in [0, 0.1) is 11.6 Å². The normalized spacial score (nSPS) is 11.1. The highest BCUT2D eigenvalue weighted by Gasteiger charge is 2.17. The lowest BCUT2D eigenvalue weighted by atomic mass is 10.2. The van der Waals surface area contributed by atoms with Gasteiger partial charge in [0.25, 0.3) is 15.9 Å². The van der Waals surface area contributed by atoms with Crippen molar-refractivity contribution >= 4 is 37.5 Å². The third-order valence-corrected chi connectivity index (χ3v) is 6.15. The van der Waals surface area contributed by atoms with Crippen LogP contribution in [0.4, 0.5) is 14.5 Å². The van der Waals surface area contributed by atoms with Crippen molar-refractivity contribution in [3.63, 3.8) is 0 Å². The summed E-state index contributed by atoms with van der Waals surface area (Å²) in [7, 11) is -4.01. The molecule has 1 amide bonds. The monoisotopic (exact) mass is 480 g/mol. The minimum atomic E-state index is -4.01. The molecule has 0 aromatic heterocycles. The number of carbonyl (C=O) groups is 1. The molecule has 0 saturated heterocycles. The molecule has 0 atom stereocenters. The van der Waals surface area contributed by atoms with Crippen LogP contribution in [0.2, 0.25) is 0 Å². The van der Waals surface area contributed by atoms with E-state index in [0.717, 1.165) is 6.07 Å². The molecule has 0 radical (unpaired) electrons. The molecule has 0 aliphatic rings. The molecular weight excluding hydrogens is 466 g/mol. The van der Waals surface area contributed by atoms with Crippen molar-refractivity contribution in [2.45, 2.75) is 11.4 Å². The molecule has 150 valence electrons. The largest absolute Gasteiger partial charge is 0.348 e. The molecule has 0 heterocycles. The van der Waals surface area contributed by atoms with Gasteiger partial charge >= 0.3 is 0 Å². The molecule has 0 fully saturated rings. The summed E-state index contributed by atoms with van der Waals surface area (Å²) in [6.07, 6.45) is 0. The van der Waals surface area contributed by atoms with Crippen LogP contribution in [0.15, 0.2) is 76.1 Å². The smallest absolute Gasteiger partial charge is 0.261 e. The van der Waals surface area contributed by atoms with Gasteiger partial charge in [0.05, 0.1) is 10.6 Å². The van der Waals surface area contributed by atoms with Crippen molar-refractivity contribution in [1.82, 2.24) is 5.32 Å². The first-order valence-electron chi connectivity index (χ1n) is 8.36. The predicted octanol–water partition coefficient (Wildman–Crippen LogP) is 4.46. The molecule has 0 spiro atoms. The van der Waals surface area contributed by atoms with Crippen molar-refractivity contribution in [1.29, 1.82) is 0 Å². The molecule has 2 N–H and O–H groups in total. The Morgan fingerprint density at radius 2 is 1.66 bits per heavy atom. The first-order chi connectivity index (χ1) is 13.8. The zero-order valence-corrected chi connectivity index (χ0v) is 17.2. The second kappa shape index (κ2) is 8.71. The highest BCUT2D eigenvalue weighted by molar-refractivity contribution is 9.10. The van der Waals surface area contributed by atoms with Gasteiger partial charge in [0.15, 0.2) is 0 Å². The standard InChI is InChI=1S/C20H15BrF2N2O3S/c21-17-10-7-15(22)11-14(17)12-24-20(26)13-5-8-16(9-6-13)29(27,28)25-19-4-2-1-3-18(19)23/h1-11,25H,12H2,(H,24,26). The number of para-hydroxylation sites is 1. The Morgan fingerprint density at radius 1 is 0.966 bits per heavy atom. The number of anilines is 1. The fraction of sp³-hybridized carbons (Fsp3) is 0.0500. The Hall–Kier alpha value is -2.78. The summed E-state index contributed by atoms with van der Waals surface area (Å²) in [5, 5.41) is 2.64. The maximum atomic E-state index is 13.7. The number of hydrogen-bond acceptors (Lipinski definition) is 3. The van der Waals surface area contributed by atoms with E-state index in [4.69, 9.17) is 0 Å². The number of sulfonamides is 1. The maximum Gasteiger partial charge on any atom is 0.261 e.